The second kappa shape index (κ2) is 8.97. The predicted molar refractivity (Wildman–Crippen MR) is 106 cm³/mol. The van der Waals surface area contributed by atoms with Gasteiger partial charge in [0.05, 0.1) is 0 Å². The highest BCUT2D eigenvalue weighted by atomic mass is 16.5. The van der Waals surface area contributed by atoms with Crippen molar-refractivity contribution in [3.8, 4) is 0 Å². The first-order valence-corrected chi connectivity index (χ1v) is 9.42. The zero-order valence-corrected chi connectivity index (χ0v) is 15.7. The number of carbonyl (C=O) groups excluding carboxylic acids is 1. The van der Waals surface area contributed by atoms with Crippen molar-refractivity contribution in [3.63, 3.8) is 0 Å². The number of anilines is 1. The van der Waals surface area contributed by atoms with Gasteiger partial charge in [0.1, 0.15) is 6.10 Å². The lowest BCUT2D eigenvalue weighted by Crippen LogP contribution is -2.43. The van der Waals surface area contributed by atoms with E-state index in [1.54, 1.807) is 7.11 Å². The first kappa shape index (κ1) is 18.6. The molecule has 2 aromatic rings. The summed E-state index contributed by atoms with van der Waals surface area (Å²) in [7, 11) is 1.61. The molecule has 26 heavy (non-hydrogen) atoms. The molecule has 2 aromatic carbocycles. The molecule has 1 fully saturated rings. The number of nitrogens with one attached hydrogen (secondary N) is 1. The molecule has 138 valence electrons. The Morgan fingerprint density at radius 1 is 1.15 bits per heavy atom. The van der Waals surface area contributed by atoms with Crippen molar-refractivity contribution in [1.82, 2.24) is 5.32 Å². The molecule has 1 aliphatic rings. The number of Topliss-reactive ketones (excluding diaryl/α,β-unsaturated/α-hetero) is 1. The summed E-state index contributed by atoms with van der Waals surface area (Å²) in [4.78, 5) is 15.4. The minimum atomic E-state index is -0.452. The van der Waals surface area contributed by atoms with Crippen molar-refractivity contribution < 1.29 is 9.53 Å². The van der Waals surface area contributed by atoms with Crippen molar-refractivity contribution >= 4 is 11.5 Å². The number of aryl methyl sites for hydroxylation is 1. The van der Waals surface area contributed by atoms with Gasteiger partial charge < -0.3 is 15.0 Å². The predicted octanol–water partition coefficient (Wildman–Crippen LogP) is 3.10. The quantitative estimate of drug-likeness (QED) is 0.778. The first-order chi connectivity index (χ1) is 12.7. The van der Waals surface area contributed by atoms with Crippen molar-refractivity contribution in [2.24, 2.45) is 0 Å². The maximum atomic E-state index is 13.0. The highest BCUT2D eigenvalue weighted by Gasteiger charge is 2.22. The van der Waals surface area contributed by atoms with Crippen LogP contribution in [-0.4, -0.2) is 45.2 Å². The molecule has 0 radical (unpaired) electrons. The average molecular weight is 352 g/mol. The fraction of sp³-hybridized carbons (Fsp3) is 0.409. The Labute approximate surface area is 156 Å². The second-order valence-corrected chi connectivity index (χ2v) is 6.71. The van der Waals surface area contributed by atoms with Crippen LogP contribution in [0.3, 0.4) is 0 Å². The number of hydrogen-bond donors (Lipinski definition) is 1. The van der Waals surface area contributed by atoms with E-state index in [2.05, 4.69) is 29.3 Å². The van der Waals surface area contributed by atoms with Crippen LogP contribution in [-0.2, 0) is 17.6 Å². The Morgan fingerprint density at radius 3 is 2.54 bits per heavy atom. The number of hydrogen-bond acceptors (Lipinski definition) is 4. The van der Waals surface area contributed by atoms with Crippen molar-refractivity contribution in [1.29, 1.82) is 0 Å². The molecular weight excluding hydrogens is 324 g/mol. The van der Waals surface area contributed by atoms with Gasteiger partial charge in [0.2, 0.25) is 0 Å². The standard InChI is InChI=1S/C22H28N2O2/c1-3-18-16-19(9-10-20(18)24-13-11-23-12-14-24)22(25)21(26-2)15-17-7-5-4-6-8-17/h4-10,16,21,23H,3,11-15H2,1-2H3. The van der Waals surface area contributed by atoms with Crippen LogP contribution in [0.2, 0.25) is 0 Å². The Bertz CT molecular complexity index is 724. The lowest BCUT2D eigenvalue weighted by atomic mass is 9.96. The van der Waals surface area contributed by atoms with E-state index in [4.69, 9.17) is 4.74 Å². The van der Waals surface area contributed by atoms with Gasteiger partial charge in [-0.1, -0.05) is 37.3 Å². The van der Waals surface area contributed by atoms with Crippen LogP contribution < -0.4 is 10.2 Å². The summed E-state index contributed by atoms with van der Waals surface area (Å²) in [5.74, 6) is 0.0536. The minimum absolute atomic E-state index is 0.0536. The van der Waals surface area contributed by atoms with E-state index < -0.39 is 6.10 Å². The molecule has 1 unspecified atom stereocenters. The monoisotopic (exact) mass is 352 g/mol. The van der Waals surface area contributed by atoms with Gasteiger partial charge in [-0.2, -0.15) is 0 Å². The van der Waals surface area contributed by atoms with E-state index in [1.807, 2.05) is 36.4 Å². The van der Waals surface area contributed by atoms with Gasteiger partial charge in [0.25, 0.3) is 0 Å². The molecule has 3 rings (SSSR count). The molecule has 0 saturated carbocycles. The molecule has 4 nitrogen and oxygen atoms in total. The van der Waals surface area contributed by atoms with Crippen LogP contribution in [0.4, 0.5) is 5.69 Å². The molecule has 0 aliphatic carbocycles. The first-order valence-electron chi connectivity index (χ1n) is 9.42. The molecule has 1 saturated heterocycles. The highest BCUT2D eigenvalue weighted by Crippen LogP contribution is 2.24. The van der Waals surface area contributed by atoms with Crippen LogP contribution >= 0.6 is 0 Å². The van der Waals surface area contributed by atoms with E-state index in [0.29, 0.717) is 6.42 Å². The van der Waals surface area contributed by atoms with Gasteiger partial charge in [0.15, 0.2) is 5.78 Å². The smallest absolute Gasteiger partial charge is 0.191 e. The van der Waals surface area contributed by atoms with Crippen LogP contribution in [0.5, 0.6) is 0 Å². The Hall–Kier alpha value is -2.17. The molecule has 0 spiro atoms. The third-order valence-corrected chi connectivity index (χ3v) is 5.04. The molecule has 1 atom stereocenters. The Kier molecular flexibility index (Phi) is 6.42. The maximum Gasteiger partial charge on any atom is 0.191 e. The molecule has 0 aromatic heterocycles. The summed E-state index contributed by atoms with van der Waals surface area (Å²) < 4.78 is 5.52. The van der Waals surface area contributed by atoms with E-state index in [1.165, 1.54) is 11.3 Å². The average Bonchev–Trinajstić information content (AvgIpc) is 2.72. The van der Waals surface area contributed by atoms with Crippen LogP contribution in [0.1, 0.15) is 28.4 Å². The van der Waals surface area contributed by atoms with Gasteiger partial charge >= 0.3 is 0 Å². The summed E-state index contributed by atoms with van der Waals surface area (Å²) in [6.45, 7) is 6.18. The third-order valence-electron chi connectivity index (χ3n) is 5.04. The van der Waals surface area contributed by atoms with E-state index in [9.17, 15) is 4.79 Å². The summed E-state index contributed by atoms with van der Waals surface area (Å²) in [6, 6.07) is 16.1. The van der Waals surface area contributed by atoms with Gasteiger partial charge in [-0.15, -0.1) is 0 Å². The van der Waals surface area contributed by atoms with Crippen LogP contribution in [0, 0.1) is 0 Å². The summed E-state index contributed by atoms with van der Waals surface area (Å²) in [6.07, 6.45) is 1.06. The van der Waals surface area contributed by atoms with Crippen LogP contribution in [0.25, 0.3) is 0 Å². The molecule has 1 aliphatic heterocycles. The number of piperazine rings is 1. The Balaban J connectivity index is 1.79. The number of ketones is 1. The molecule has 0 bridgehead atoms. The number of rotatable bonds is 7. The van der Waals surface area contributed by atoms with Gasteiger partial charge in [0, 0.05) is 51.0 Å². The fourth-order valence-corrected chi connectivity index (χ4v) is 3.53. The topological polar surface area (TPSA) is 41.6 Å². The summed E-state index contributed by atoms with van der Waals surface area (Å²) in [5.41, 5.74) is 4.33. The minimum Gasteiger partial charge on any atom is -0.373 e. The zero-order chi connectivity index (χ0) is 18.4. The van der Waals surface area contributed by atoms with Crippen LogP contribution in [0.15, 0.2) is 48.5 Å². The molecule has 0 amide bonds. The Morgan fingerprint density at radius 2 is 1.88 bits per heavy atom. The second-order valence-electron chi connectivity index (χ2n) is 6.71. The summed E-state index contributed by atoms with van der Waals surface area (Å²) >= 11 is 0. The number of methoxy groups -OCH3 is 1. The van der Waals surface area contributed by atoms with E-state index >= 15 is 0 Å². The number of benzene rings is 2. The zero-order valence-electron chi connectivity index (χ0n) is 15.7. The van der Waals surface area contributed by atoms with Gasteiger partial charge in [-0.25, -0.2) is 0 Å². The van der Waals surface area contributed by atoms with Crippen molar-refractivity contribution in [2.45, 2.75) is 25.9 Å². The number of carbonyl (C=O) groups is 1. The number of nitrogens with zero attached hydrogens (tertiary/aromatic N) is 1. The molecule has 1 heterocycles. The van der Waals surface area contributed by atoms with Gasteiger partial charge in [-0.05, 0) is 35.7 Å². The molecular formula is C22H28N2O2. The summed E-state index contributed by atoms with van der Waals surface area (Å²) in [5, 5.41) is 3.38. The molecule has 1 N–H and O–H groups in total. The third kappa shape index (κ3) is 4.32. The largest absolute Gasteiger partial charge is 0.373 e. The van der Waals surface area contributed by atoms with Crippen molar-refractivity contribution in [3.05, 3.63) is 65.2 Å². The van der Waals surface area contributed by atoms with Crippen molar-refractivity contribution in [2.75, 3.05) is 38.2 Å². The van der Waals surface area contributed by atoms with E-state index in [0.717, 1.165) is 43.7 Å². The highest BCUT2D eigenvalue weighted by molar-refractivity contribution is 6.00. The fourth-order valence-electron chi connectivity index (χ4n) is 3.53. The normalized spacial score (nSPS) is 15.7. The van der Waals surface area contributed by atoms with E-state index in [-0.39, 0.29) is 5.78 Å². The lowest BCUT2D eigenvalue weighted by Gasteiger charge is -2.31. The van der Waals surface area contributed by atoms with Gasteiger partial charge in [-0.3, -0.25) is 4.79 Å². The number of ether oxygens (including phenoxy) is 1. The molecule has 4 heteroatoms. The lowest BCUT2D eigenvalue weighted by molar-refractivity contribution is 0.0607. The maximum absolute atomic E-state index is 13.0. The SMILES string of the molecule is CCc1cc(C(=O)C(Cc2ccccc2)OC)ccc1N1CCNCC1.